The number of nitrogens with one attached hydrogen (secondary N) is 2. The Morgan fingerprint density at radius 1 is 1.16 bits per heavy atom. The van der Waals surface area contributed by atoms with E-state index in [1.807, 2.05) is 18.2 Å². The molecule has 6 nitrogen and oxygen atoms in total. The Morgan fingerprint density at radius 2 is 1.88 bits per heavy atom. The number of hydrogen-bond donors (Lipinski definition) is 2. The number of hydrogen-bond acceptors (Lipinski definition) is 3. The number of urea groups is 1. The van der Waals surface area contributed by atoms with Gasteiger partial charge in [0.1, 0.15) is 5.75 Å². The summed E-state index contributed by atoms with van der Waals surface area (Å²) < 4.78 is 5.29. The first kappa shape index (κ1) is 18.6. The van der Waals surface area contributed by atoms with Crippen LogP contribution in [0.2, 0.25) is 5.02 Å². The molecule has 0 saturated heterocycles. The minimum Gasteiger partial charge on any atom is -0.495 e. The van der Waals surface area contributed by atoms with E-state index in [9.17, 15) is 9.59 Å². The van der Waals surface area contributed by atoms with Gasteiger partial charge in [0.2, 0.25) is 5.91 Å². The van der Waals surface area contributed by atoms with Crippen molar-refractivity contribution in [2.24, 2.45) is 0 Å². The number of amides is 3. The van der Waals surface area contributed by atoms with Crippen molar-refractivity contribution in [2.75, 3.05) is 30.4 Å². The number of para-hydroxylation sites is 1. The second kappa shape index (κ2) is 8.94. The molecule has 0 aliphatic carbocycles. The average Bonchev–Trinajstić information content (AvgIpc) is 2.59. The van der Waals surface area contributed by atoms with E-state index >= 15 is 0 Å². The lowest BCUT2D eigenvalue weighted by Crippen LogP contribution is -2.39. The fourth-order valence-electron chi connectivity index (χ4n) is 2.30. The smallest absolute Gasteiger partial charge is 0.319 e. The lowest BCUT2D eigenvalue weighted by molar-refractivity contribution is -0.116. The van der Waals surface area contributed by atoms with E-state index in [2.05, 4.69) is 10.6 Å². The van der Waals surface area contributed by atoms with Crippen LogP contribution in [-0.4, -0.2) is 32.1 Å². The second-order valence-corrected chi connectivity index (χ2v) is 5.67. The van der Waals surface area contributed by atoms with Crippen LogP contribution in [0.5, 0.6) is 5.75 Å². The summed E-state index contributed by atoms with van der Waals surface area (Å²) in [6, 6.07) is 13.8. The zero-order valence-corrected chi connectivity index (χ0v) is 14.8. The first-order valence-electron chi connectivity index (χ1n) is 7.73. The molecular formula is C18H20ClN3O3. The summed E-state index contributed by atoms with van der Waals surface area (Å²) >= 11 is 6.02. The van der Waals surface area contributed by atoms with Gasteiger partial charge in [-0.1, -0.05) is 29.8 Å². The summed E-state index contributed by atoms with van der Waals surface area (Å²) in [7, 11) is 1.52. The van der Waals surface area contributed by atoms with Gasteiger partial charge in [0.05, 0.1) is 12.8 Å². The third-order valence-corrected chi connectivity index (χ3v) is 3.70. The zero-order valence-electron chi connectivity index (χ0n) is 14.1. The number of carbonyl (C=O) groups excluding carboxylic acids is 2. The van der Waals surface area contributed by atoms with E-state index in [4.69, 9.17) is 16.3 Å². The van der Waals surface area contributed by atoms with Crippen LogP contribution >= 0.6 is 11.6 Å². The van der Waals surface area contributed by atoms with Crippen LogP contribution in [0, 0.1) is 0 Å². The molecular weight excluding hydrogens is 342 g/mol. The third-order valence-electron chi connectivity index (χ3n) is 3.46. The van der Waals surface area contributed by atoms with Gasteiger partial charge in [0.15, 0.2) is 0 Å². The maximum atomic E-state index is 12.0. The quantitative estimate of drug-likeness (QED) is 0.827. The van der Waals surface area contributed by atoms with Crippen LogP contribution in [0.15, 0.2) is 48.5 Å². The number of rotatable bonds is 6. The molecule has 132 valence electrons. The van der Waals surface area contributed by atoms with Gasteiger partial charge in [0, 0.05) is 30.7 Å². The molecule has 2 aromatic rings. The molecule has 0 aliphatic rings. The van der Waals surface area contributed by atoms with Crippen LogP contribution in [0.25, 0.3) is 0 Å². The summed E-state index contributed by atoms with van der Waals surface area (Å²) in [6.45, 7) is 2.01. The van der Waals surface area contributed by atoms with E-state index in [0.29, 0.717) is 22.1 Å². The molecule has 2 N–H and O–H groups in total. The van der Waals surface area contributed by atoms with Crippen molar-refractivity contribution in [2.45, 2.75) is 6.92 Å². The number of halogens is 1. The molecule has 7 heteroatoms. The molecule has 0 heterocycles. The summed E-state index contributed by atoms with van der Waals surface area (Å²) in [4.78, 5) is 25.4. The number of benzene rings is 2. The second-order valence-electron chi connectivity index (χ2n) is 5.23. The molecule has 0 radical (unpaired) electrons. The SMILES string of the molecule is COc1ccc(Cl)cc1N(CCNC(=O)Nc1ccccc1)C(C)=O. The molecule has 0 saturated carbocycles. The lowest BCUT2D eigenvalue weighted by atomic mass is 10.2. The van der Waals surface area contributed by atoms with Gasteiger partial charge in [-0.15, -0.1) is 0 Å². The minimum absolute atomic E-state index is 0.175. The maximum Gasteiger partial charge on any atom is 0.319 e. The van der Waals surface area contributed by atoms with Gasteiger partial charge in [-0.05, 0) is 30.3 Å². The van der Waals surface area contributed by atoms with Crippen molar-refractivity contribution in [3.8, 4) is 5.75 Å². The number of carbonyl (C=O) groups is 2. The van der Waals surface area contributed by atoms with E-state index in [1.54, 1.807) is 30.3 Å². The van der Waals surface area contributed by atoms with Crippen LogP contribution in [-0.2, 0) is 4.79 Å². The van der Waals surface area contributed by atoms with Gasteiger partial charge in [-0.2, -0.15) is 0 Å². The highest BCUT2D eigenvalue weighted by atomic mass is 35.5. The van der Waals surface area contributed by atoms with Crippen LogP contribution in [0.3, 0.4) is 0 Å². The topological polar surface area (TPSA) is 70.7 Å². The van der Waals surface area contributed by atoms with Gasteiger partial charge in [-0.3, -0.25) is 4.79 Å². The van der Waals surface area contributed by atoms with Crippen LogP contribution in [0.4, 0.5) is 16.2 Å². The number of methoxy groups -OCH3 is 1. The Hall–Kier alpha value is -2.73. The standard InChI is InChI=1S/C18H20ClN3O3/c1-13(23)22(16-12-14(19)8-9-17(16)25-2)11-10-20-18(24)21-15-6-4-3-5-7-15/h3-9,12H,10-11H2,1-2H3,(H2,20,21,24). The van der Waals surface area contributed by atoms with E-state index in [0.717, 1.165) is 0 Å². The molecule has 0 aliphatic heterocycles. The Kier molecular flexibility index (Phi) is 6.65. The minimum atomic E-state index is -0.340. The highest BCUT2D eigenvalue weighted by molar-refractivity contribution is 6.31. The predicted molar refractivity (Wildman–Crippen MR) is 99.5 cm³/mol. The molecule has 2 rings (SSSR count). The average molecular weight is 362 g/mol. The largest absolute Gasteiger partial charge is 0.495 e. The van der Waals surface area contributed by atoms with E-state index in [1.165, 1.54) is 18.9 Å². The molecule has 0 fully saturated rings. The normalized spacial score (nSPS) is 10.0. The predicted octanol–water partition coefficient (Wildman–Crippen LogP) is 3.52. The summed E-state index contributed by atoms with van der Waals surface area (Å²) in [5.41, 5.74) is 1.26. The molecule has 0 spiro atoms. The van der Waals surface area contributed by atoms with Crippen molar-refractivity contribution < 1.29 is 14.3 Å². The number of anilines is 2. The zero-order chi connectivity index (χ0) is 18.2. The lowest BCUT2D eigenvalue weighted by Gasteiger charge is -2.23. The molecule has 0 atom stereocenters. The number of ether oxygens (including phenoxy) is 1. The fourth-order valence-corrected chi connectivity index (χ4v) is 2.47. The monoisotopic (exact) mass is 361 g/mol. The summed E-state index contributed by atoms with van der Waals surface area (Å²) in [5, 5.41) is 5.93. The fraction of sp³-hybridized carbons (Fsp3) is 0.222. The Bertz CT molecular complexity index is 738. The maximum absolute atomic E-state index is 12.0. The molecule has 25 heavy (non-hydrogen) atoms. The first-order valence-corrected chi connectivity index (χ1v) is 8.10. The van der Waals surface area contributed by atoms with E-state index in [-0.39, 0.29) is 25.0 Å². The molecule has 0 aromatic heterocycles. The van der Waals surface area contributed by atoms with Crippen molar-refractivity contribution in [1.29, 1.82) is 0 Å². The molecule has 2 aromatic carbocycles. The van der Waals surface area contributed by atoms with Crippen molar-refractivity contribution in [3.05, 3.63) is 53.6 Å². The van der Waals surface area contributed by atoms with E-state index < -0.39 is 0 Å². The van der Waals surface area contributed by atoms with Crippen LogP contribution < -0.4 is 20.3 Å². The molecule has 3 amide bonds. The highest BCUT2D eigenvalue weighted by Crippen LogP contribution is 2.31. The third kappa shape index (κ3) is 5.39. The Morgan fingerprint density at radius 3 is 2.52 bits per heavy atom. The number of nitrogens with zero attached hydrogens (tertiary/aromatic N) is 1. The Labute approximate surface area is 151 Å². The first-order chi connectivity index (χ1) is 12.0. The van der Waals surface area contributed by atoms with Crippen molar-refractivity contribution in [3.63, 3.8) is 0 Å². The molecule has 0 unspecified atom stereocenters. The summed E-state index contributed by atoms with van der Waals surface area (Å²) in [5.74, 6) is 0.360. The summed E-state index contributed by atoms with van der Waals surface area (Å²) in [6.07, 6.45) is 0. The van der Waals surface area contributed by atoms with Crippen molar-refractivity contribution in [1.82, 2.24) is 5.32 Å². The van der Waals surface area contributed by atoms with Crippen LogP contribution in [0.1, 0.15) is 6.92 Å². The van der Waals surface area contributed by atoms with Gasteiger partial charge >= 0.3 is 6.03 Å². The van der Waals surface area contributed by atoms with Gasteiger partial charge in [0.25, 0.3) is 0 Å². The van der Waals surface area contributed by atoms with Gasteiger partial charge in [-0.25, -0.2) is 4.79 Å². The van der Waals surface area contributed by atoms with Crippen molar-refractivity contribution >= 4 is 34.9 Å². The Balaban J connectivity index is 1.97. The molecule has 0 bridgehead atoms. The van der Waals surface area contributed by atoms with Gasteiger partial charge < -0.3 is 20.3 Å². The highest BCUT2D eigenvalue weighted by Gasteiger charge is 2.17.